The molecular weight excluding hydrogens is 344 g/mol. The molecule has 1 aromatic heterocycles. The maximum Gasteiger partial charge on any atom is 0.257 e. The number of hydrogen-bond donors (Lipinski definition) is 1. The second-order valence-electron chi connectivity index (χ2n) is 5.44. The molecule has 0 atom stereocenters. The van der Waals surface area contributed by atoms with Crippen molar-refractivity contribution in [2.24, 2.45) is 0 Å². The molecule has 3 rings (SSSR count). The van der Waals surface area contributed by atoms with E-state index < -0.39 is 0 Å². The number of nitrogens with zero attached hydrogens (tertiary/aromatic N) is 1. The molecule has 0 unspecified atom stereocenters. The number of aromatic nitrogens is 1. The van der Waals surface area contributed by atoms with Gasteiger partial charge in [0.05, 0.1) is 31.9 Å². The standard InChI is InChI=1S/C17H18N2O5S/c1-22-12-7-9(8-13(23-2)14(12)24-3)16(21)19-17-18-10-5-4-6-11(20)15(10)25-17/h7-8H,4-6H2,1-3H3,(H,18,19,21). The summed E-state index contributed by atoms with van der Waals surface area (Å²) in [7, 11) is 4.47. The fraction of sp³-hybridized carbons (Fsp3) is 0.353. The van der Waals surface area contributed by atoms with Gasteiger partial charge in [0.15, 0.2) is 22.4 Å². The van der Waals surface area contributed by atoms with Gasteiger partial charge >= 0.3 is 0 Å². The molecule has 0 bridgehead atoms. The number of nitrogens with one attached hydrogen (secondary N) is 1. The summed E-state index contributed by atoms with van der Waals surface area (Å²) in [6.07, 6.45) is 2.10. The fourth-order valence-electron chi connectivity index (χ4n) is 2.70. The van der Waals surface area contributed by atoms with Gasteiger partial charge in [0.2, 0.25) is 5.75 Å². The molecule has 0 radical (unpaired) electrons. The lowest BCUT2D eigenvalue weighted by Gasteiger charge is -2.13. The van der Waals surface area contributed by atoms with E-state index in [1.165, 1.54) is 32.7 Å². The number of fused-ring (bicyclic) bond motifs is 1. The number of carbonyl (C=O) groups excluding carboxylic acids is 2. The van der Waals surface area contributed by atoms with Crippen LogP contribution in [0.15, 0.2) is 12.1 Å². The number of carbonyl (C=O) groups is 2. The molecule has 0 saturated heterocycles. The number of hydrogen-bond acceptors (Lipinski definition) is 7. The van der Waals surface area contributed by atoms with Crippen LogP contribution >= 0.6 is 11.3 Å². The highest BCUT2D eigenvalue weighted by molar-refractivity contribution is 7.17. The summed E-state index contributed by atoms with van der Waals surface area (Å²) in [6, 6.07) is 3.13. The molecule has 2 aromatic rings. The third-order valence-corrected chi connectivity index (χ3v) is 4.97. The lowest BCUT2D eigenvalue weighted by atomic mass is 10.0. The molecule has 0 fully saturated rings. The number of benzene rings is 1. The van der Waals surface area contributed by atoms with E-state index in [1.807, 2.05) is 0 Å². The zero-order valence-corrected chi connectivity index (χ0v) is 15.0. The number of ketones is 1. The van der Waals surface area contributed by atoms with Crippen molar-refractivity contribution < 1.29 is 23.8 Å². The van der Waals surface area contributed by atoms with Gasteiger partial charge in [0, 0.05) is 12.0 Å². The van der Waals surface area contributed by atoms with Crippen molar-refractivity contribution in [2.75, 3.05) is 26.6 Å². The minimum Gasteiger partial charge on any atom is -0.493 e. The van der Waals surface area contributed by atoms with E-state index >= 15 is 0 Å². The third-order valence-electron chi connectivity index (χ3n) is 3.92. The van der Waals surface area contributed by atoms with Crippen LogP contribution in [0.5, 0.6) is 17.2 Å². The summed E-state index contributed by atoms with van der Waals surface area (Å²) in [5, 5.41) is 3.16. The maximum absolute atomic E-state index is 12.6. The highest BCUT2D eigenvalue weighted by Gasteiger charge is 2.23. The van der Waals surface area contributed by atoms with E-state index in [9.17, 15) is 9.59 Å². The van der Waals surface area contributed by atoms with Crippen LogP contribution in [0.2, 0.25) is 0 Å². The van der Waals surface area contributed by atoms with E-state index in [-0.39, 0.29) is 11.7 Å². The van der Waals surface area contributed by atoms with Crippen molar-refractivity contribution >= 4 is 28.2 Å². The lowest BCUT2D eigenvalue weighted by molar-refractivity contribution is 0.0975. The summed E-state index contributed by atoms with van der Waals surface area (Å²) in [5.41, 5.74) is 1.11. The molecule has 1 aromatic carbocycles. The predicted octanol–water partition coefficient (Wildman–Crippen LogP) is 2.94. The highest BCUT2D eigenvalue weighted by atomic mass is 32.1. The van der Waals surface area contributed by atoms with Gasteiger partial charge in [0.1, 0.15) is 0 Å². The molecule has 132 valence electrons. The van der Waals surface area contributed by atoms with Crippen molar-refractivity contribution in [1.82, 2.24) is 4.98 Å². The smallest absolute Gasteiger partial charge is 0.257 e. The van der Waals surface area contributed by atoms with Crippen LogP contribution < -0.4 is 19.5 Å². The van der Waals surface area contributed by atoms with E-state index in [4.69, 9.17) is 14.2 Å². The quantitative estimate of drug-likeness (QED) is 0.880. The van der Waals surface area contributed by atoms with Gasteiger partial charge in [-0.1, -0.05) is 11.3 Å². The van der Waals surface area contributed by atoms with Gasteiger partial charge in [-0.25, -0.2) is 4.98 Å². The van der Waals surface area contributed by atoms with Crippen LogP contribution in [0, 0.1) is 0 Å². The van der Waals surface area contributed by atoms with Gasteiger partial charge in [-0.3, -0.25) is 14.9 Å². The lowest BCUT2D eigenvalue weighted by Crippen LogP contribution is -2.12. The van der Waals surface area contributed by atoms with Gasteiger partial charge in [-0.05, 0) is 25.0 Å². The first-order valence-electron chi connectivity index (χ1n) is 7.71. The Balaban J connectivity index is 1.87. The zero-order chi connectivity index (χ0) is 18.0. The van der Waals surface area contributed by atoms with Crippen LogP contribution in [0.25, 0.3) is 0 Å². The van der Waals surface area contributed by atoms with E-state index in [0.717, 1.165) is 18.5 Å². The molecule has 1 aliphatic carbocycles. The Morgan fingerprint density at radius 1 is 1.12 bits per heavy atom. The Morgan fingerprint density at radius 3 is 2.36 bits per heavy atom. The first kappa shape index (κ1) is 17.2. The third kappa shape index (κ3) is 3.30. The van der Waals surface area contributed by atoms with Crippen molar-refractivity contribution in [2.45, 2.75) is 19.3 Å². The monoisotopic (exact) mass is 362 g/mol. The molecule has 1 amide bonds. The van der Waals surface area contributed by atoms with Crippen molar-refractivity contribution in [3.63, 3.8) is 0 Å². The minimum absolute atomic E-state index is 0.0898. The van der Waals surface area contributed by atoms with Gasteiger partial charge in [-0.15, -0.1) is 0 Å². The van der Waals surface area contributed by atoms with Crippen LogP contribution in [0.3, 0.4) is 0 Å². The Labute approximate surface area is 148 Å². The minimum atomic E-state index is -0.363. The largest absolute Gasteiger partial charge is 0.493 e. The number of Topliss-reactive ketones (excluding diaryl/α,β-unsaturated/α-hetero) is 1. The highest BCUT2D eigenvalue weighted by Crippen LogP contribution is 2.38. The summed E-state index contributed by atoms with van der Waals surface area (Å²) in [4.78, 5) is 29.5. The van der Waals surface area contributed by atoms with Crippen molar-refractivity contribution in [1.29, 1.82) is 0 Å². The number of thiazole rings is 1. The fourth-order valence-corrected chi connectivity index (χ4v) is 3.68. The Kier molecular flexibility index (Phi) is 4.89. The Bertz CT molecular complexity index is 805. The number of methoxy groups -OCH3 is 3. The molecule has 7 nitrogen and oxygen atoms in total. The molecule has 0 aliphatic heterocycles. The van der Waals surface area contributed by atoms with Crippen LogP contribution in [-0.2, 0) is 6.42 Å². The second-order valence-corrected chi connectivity index (χ2v) is 6.44. The summed E-state index contributed by atoms with van der Waals surface area (Å²) >= 11 is 1.21. The average molecular weight is 362 g/mol. The molecule has 1 heterocycles. The molecule has 25 heavy (non-hydrogen) atoms. The number of anilines is 1. The van der Waals surface area contributed by atoms with Crippen molar-refractivity contribution in [3.05, 3.63) is 28.3 Å². The van der Waals surface area contributed by atoms with Crippen LogP contribution in [0.4, 0.5) is 5.13 Å². The van der Waals surface area contributed by atoms with Gasteiger partial charge < -0.3 is 14.2 Å². The molecule has 8 heteroatoms. The maximum atomic E-state index is 12.6. The summed E-state index contributed by atoms with van der Waals surface area (Å²) in [6.45, 7) is 0. The molecule has 1 N–H and O–H groups in total. The number of ether oxygens (including phenoxy) is 3. The van der Waals surface area contributed by atoms with E-state index in [1.54, 1.807) is 12.1 Å². The van der Waals surface area contributed by atoms with Gasteiger partial charge in [0.25, 0.3) is 5.91 Å². The number of rotatable bonds is 5. The Morgan fingerprint density at radius 2 is 1.80 bits per heavy atom. The second kappa shape index (κ2) is 7.10. The van der Waals surface area contributed by atoms with Gasteiger partial charge in [-0.2, -0.15) is 0 Å². The number of amides is 1. The molecule has 1 aliphatic rings. The normalized spacial score (nSPS) is 13.2. The van der Waals surface area contributed by atoms with Crippen LogP contribution in [0.1, 0.15) is 38.6 Å². The Hall–Kier alpha value is -2.61. The summed E-state index contributed by atoms with van der Waals surface area (Å²) in [5.74, 6) is 0.919. The van der Waals surface area contributed by atoms with Crippen LogP contribution in [-0.4, -0.2) is 38.0 Å². The topological polar surface area (TPSA) is 86.8 Å². The van der Waals surface area contributed by atoms with E-state index in [0.29, 0.717) is 39.2 Å². The SMILES string of the molecule is COc1cc(C(=O)Nc2nc3c(s2)C(=O)CCC3)cc(OC)c1OC. The molecular formula is C17H18N2O5S. The number of aryl methyl sites for hydroxylation is 1. The first-order valence-corrected chi connectivity index (χ1v) is 8.53. The predicted molar refractivity (Wildman–Crippen MR) is 93.4 cm³/mol. The summed E-state index contributed by atoms with van der Waals surface area (Å²) < 4.78 is 15.8. The first-order chi connectivity index (χ1) is 12.1. The molecule has 0 saturated carbocycles. The van der Waals surface area contributed by atoms with E-state index in [2.05, 4.69) is 10.3 Å². The van der Waals surface area contributed by atoms with Crippen molar-refractivity contribution in [3.8, 4) is 17.2 Å². The zero-order valence-electron chi connectivity index (χ0n) is 14.2. The molecule has 0 spiro atoms. The average Bonchev–Trinajstić information content (AvgIpc) is 3.04.